The van der Waals surface area contributed by atoms with Crippen LogP contribution in [0.25, 0.3) is 0 Å². The zero-order valence-electron chi connectivity index (χ0n) is 26.7. The molecule has 0 radical (unpaired) electrons. The number of nitrogens with one attached hydrogen (secondary N) is 1. The first-order chi connectivity index (χ1) is 21.1. The molecule has 3 aromatic carbocycles. The molecule has 0 heterocycles. The number of nitrogens with zero attached hydrogens (tertiary/aromatic N) is 2. The Morgan fingerprint density at radius 2 is 1.51 bits per heavy atom. The van der Waals surface area contributed by atoms with E-state index in [1.807, 2.05) is 45.0 Å². The molecule has 0 unspecified atom stereocenters. The maximum atomic E-state index is 14.4. The number of hydrogen-bond donors (Lipinski definition) is 1. The van der Waals surface area contributed by atoms with Crippen LogP contribution in [0.15, 0.2) is 70.0 Å². The lowest BCUT2D eigenvalue weighted by Crippen LogP contribution is -2.54. The van der Waals surface area contributed by atoms with E-state index in [0.29, 0.717) is 11.5 Å². The summed E-state index contributed by atoms with van der Waals surface area (Å²) in [6.45, 7) is 6.49. The zero-order valence-corrected chi connectivity index (χ0v) is 29.1. The van der Waals surface area contributed by atoms with Crippen LogP contribution in [0, 0.1) is 0 Å². The minimum atomic E-state index is -4.45. The predicted octanol–water partition coefficient (Wildman–Crippen LogP) is 5.01. The van der Waals surface area contributed by atoms with Gasteiger partial charge in [0.15, 0.2) is 11.5 Å². The number of carbonyl (C=O) groups excluding carboxylic acids is 2. The van der Waals surface area contributed by atoms with Crippen LogP contribution >= 0.6 is 15.9 Å². The molecule has 1 atom stereocenters. The molecule has 0 fully saturated rings. The van der Waals surface area contributed by atoms with Crippen LogP contribution < -0.4 is 28.6 Å². The van der Waals surface area contributed by atoms with Gasteiger partial charge in [-0.05, 0) is 69.7 Å². The van der Waals surface area contributed by atoms with E-state index in [0.717, 1.165) is 14.3 Å². The normalized spacial score (nSPS) is 12.1. The molecule has 11 nitrogen and oxygen atoms in total. The largest absolute Gasteiger partial charge is 0.497 e. The molecule has 0 saturated carbocycles. The van der Waals surface area contributed by atoms with Gasteiger partial charge in [-0.15, -0.1) is 0 Å². The second-order valence-electron chi connectivity index (χ2n) is 11.1. The van der Waals surface area contributed by atoms with Crippen LogP contribution in [0.1, 0.15) is 33.3 Å². The van der Waals surface area contributed by atoms with Crippen molar-refractivity contribution in [2.45, 2.75) is 50.7 Å². The smallest absolute Gasteiger partial charge is 0.265 e. The number of amides is 2. The van der Waals surface area contributed by atoms with Gasteiger partial charge in [0.1, 0.15) is 24.1 Å². The highest BCUT2D eigenvalue weighted by Crippen LogP contribution is 2.38. The number of anilines is 1. The summed E-state index contributed by atoms with van der Waals surface area (Å²) in [6.07, 6.45) is 0. The third kappa shape index (κ3) is 8.82. The molecule has 1 N–H and O–H groups in total. The van der Waals surface area contributed by atoms with Gasteiger partial charge in [-0.3, -0.25) is 13.9 Å². The fraction of sp³-hybridized carbons (Fsp3) is 0.375. The van der Waals surface area contributed by atoms with Crippen molar-refractivity contribution in [2.24, 2.45) is 0 Å². The van der Waals surface area contributed by atoms with Crippen molar-refractivity contribution in [3.05, 3.63) is 70.7 Å². The molecule has 0 bridgehead atoms. The number of ether oxygens (including phenoxy) is 4. The Balaban J connectivity index is 2.18. The highest BCUT2D eigenvalue weighted by atomic mass is 79.9. The zero-order chi connectivity index (χ0) is 33.5. The van der Waals surface area contributed by atoms with Crippen molar-refractivity contribution in [3.8, 4) is 23.0 Å². The molecule has 0 spiro atoms. The van der Waals surface area contributed by atoms with Crippen LogP contribution in [0.4, 0.5) is 5.69 Å². The van der Waals surface area contributed by atoms with Crippen molar-refractivity contribution < 1.29 is 37.0 Å². The Hall–Kier alpha value is -3.97. The second kappa shape index (κ2) is 14.9. The maximum Gasteiger partial charge on any atom is 0.265 e. The summed E-state index contributed by atoms with van der Waals surface area (Å²) >= 11 is 3.45. The highest BCUT2D eigenvalue weighted by molar-refractivity contribution is 9.10. The van der Waals surface area contributed by atoms with Crippen molar-refractivity contribution >= 4 is 43.5 Å². The Morgan fingerprint density at radius 1 is 0.867 bits per heavy atom. The van der Waals surface area contributed by atoms with E-state index >= 15 is 0 Å². The minimum absolute atomic E-state index is 0.0382. The summed E-state index contributed by atoms with van der Waals surface area (Å²) < 4.78 is 52.1. The minimum Gasteiger partial charge on any atom is -0.497 e. The number of halogens is 1. The molecule has 0 saturated heterocycles. The number of methoxy groups -OCH3 is 4. The molecule has 0 aromatic heterocycles. The van der Waals surface area contributed by atoms with Crippen LogP contribution in [0.5, 0.6) is 23.0 Å². The fourth-order valence-corrected chi connectivity index (χ4v) is 6.38. The highest BCUT2D eigenvalue weighted by Gasteiger charge is 2.35. The van der Waals surface area contributed by atoms with Gasteiger partial charge < -0.3 is 29.2 Å². The molecule has 3 aromatic rings. The van der Waals surface area contributed by atoms with Gasteiger partial charge >= 0.3 is 0 Å². The van der Waals surface area contributed by atoms with Crippen molar-refractivity contribution in [3.63, 3.8) is 0 Å². The summed E-state index contributed by atoms with van der Waals surface area (Å²) in [5.74, 6) is 0.0297. The van der Waals surface area contributed by atoms with Crippen LogP contribution in [0.2, 0.25) is 0 Å². The average molecular weight is 707 g/mol. The molecule has 0 aliphatic carbocycles. The summed E-state index contributed by atoms with van der Waals surface area (Å²) in [7, 11) is 1.23. The third-order valence-electron chi connectivity index (χ3n) is 6.78. The number of rotatable bonds is 13. The second-order valence-corrected chi connectivity index (χ2v) is 13.9. The summed E-state index contributed by atoms with van der Waals surface area (Å²) in [5, 5.41) is 2.91. The monoisotopic (exact) mass is 705 g/mol. The summed E-state index contributed by atoms with van der Waals surface area (Å²) in [5.41, 5.74) is 0.239. The molecule has 13 heteroatoms. The van der Waals surface area contributed by atoms with E-state index in [9.17, 15) is 18.0 Å². The Morgan fingerprint density at radius 3 is 2.09 bits per heavy atom. The standard InChI is InChI=1S/C32H40BrN3O8S/c1-21(31(38)34-32(2,3)4)35(19-22-10-9-11-23(33)16-22)30(37)20-36(26-17-24(41-5)12-14-27(26)42-6)45(39,40)25-13-15-28(43-7)29(18-25)44-8/h9-18,21H,19-20H2,1-8H3,(H,34,38)/t21-/m0/s1. The van der Waals surface area contributed by atoms with E-state index in [1.165, 1.54) is 57.6 Å². The number of benzene rings is 3. The lowest BCUT2D eigenvalue weighted by atomic mass is 10.1. The summed E-state index contributed by atoms with van der Waals surface area (Å²) in [6, 6.07) is 15.1. The van der Waals surface area contributed by atoms with Crippen LogP contribution in [0.3, 0.4) is 0 Å². The lowest BCUT2D eigenvalue weighted by molar-refractivity contribution is -0.140. The number of hydrogen-bond acceptors (Lipinski definition) is 8. The molecule has 2 amide bonds. The van der Waals surface area contributed by atoms with Gasteiger partial charge in [-0.2, -0.15) is 0 Å². The van der Waals surface area contributed by atoms with Crippen molar-refractivity contribution in [2.75, 3.05) is 39.3 Å². The number of carbonyl (C=O) groups is 2. The molecule has 45 heavy (non-hydrogen) atoms. The van der Waals surface area contributed by atoms with Gasteiger partial charge in [0.2, 0.25) is 11.8 Å². The molecular formula is C32H40BrN3O8S. The van der Waals surface area contributed by atoms with Gasteiger partial charge in [0, 0.05) is 28.7 Å². The van der Waals surface area contributed by atoms with Gasteiger partial charge in [-0.1, -0.05) is 28.1 Å². The molecule has 244 valence electrons. The SMILES string of the molecule is COc1ccc(OC)c(N(CC(=O)N(Cc2cccc(Br)c2)[C@@H](C)C(=O)NC(C)(C)C)S(=O)(=O)c2ccc(OC)c(OC)c2)c1. The fourth-order valence-electron chi connectivity index (χ4n) is 4.50. The first kappa shape index (κ1) is 35.5. The number of sulfonamides is 1. The Kier molecular flexibility index (Phi) is 11.7. The maximum absolute atomic E-state index is 14.4. The predicted molar refractivity (Wildman–Crippen MR) is 176 cm³/mol. The first-order valence-corrected chi connectivity index (χ1v) is 16.2. The molecule has 0 aliphatic rings. The summed E-state index contributed by atoms with van der Waals surface area (Å²) in [4.78, 5) is 28.8. The topological polar surface area (TPSA) is 124 Å². The average Bonchev–Trinajstić information content (AvgIpc) is 3.00. The van der Waals surface area contributed by atoms with Crippen LogP contribution in [-0.2, 0) is 26.2 Å². The van der Waals surface area contributed by atoms with Crippen LogP contribution in [-0.4, -0.2) is 71.7 Å². The van der Waals surface area contributed by atoms with E-state index in [-0.39, 0.29) is 34.5 Å². The Bertz CT molecular complexity index is 1620. The first-order valence-electron chi connectivity index (χ1n) is 14.0. The van der Waals surface area contributed by atoms with E-state index in [2.05, 4.69) is 21.2 Å². The van der Waals surface area contributed by atoms with E-state index < -0.39 is 34.1 Å². The van der Waals surface area contributed by atoms with E-state index in [1.54, 1.807) is 19.1 Å². The lowest BCUT2D eigenvalue weighted by Gasteiger charge is -2.34. The Labute approximate surface area is 273 Å². The molecule has 0 aliphatic heterocycles. The van der Waals surface area contributed by atoms with E-state index in [4.69, 9.17) is 18.9 Å². The van der Waals surface area contributed by atoms with Gasteiger partial charge in [-0.25, -0.2) is 8.42 Å². The van der Waals surface area contributed by atoms with Gasteiger partial charge in [0.05, 0.1) is 39.0 Å². The van der Waals surface area contributed by atoms with Crippen molar-refractivity contribution in [1.82, 2.24) is 10.2 Å². The molecular weight excluding hydrogens is 666 g/mol. The quantitative estimate of drug-likeness (QED) is 0.263. The van der Waals surface area contributed by atoms with Gasteiger partial charge in [0.25, 0.3) is 10.0 Å². The molecule has 3 rings (SSSR count). The van der Waals surface area contributed by atoms with Crippen molar-refractivity contribution in [1.29, 1.82) is 0 Å². The third-order valence-corrected chi connectivity index (χ3v) is 9.03.